The fourth-order valence-corrected chi connectivity index (χ4v) is 4.83. The summed E-state index contributed by atoms with van der Waals surface area (Å²) >= 11 is 0. The van der Waals surface area contributed by atoms with Gasteiger partial charge in [0.05, 0.1) is 25.5 Å². The van der Waals surface area contributed by atoms with Crippen molar-refractivity contribution in [3.8, 4) is 17.0 Å². The Morgan fingerprint density at radius 3 is 2.63 bits per heavy atom. The van der Waals surface area contributed by atoms with Gasteiger partial charge < -0.3 is 24.2 Å². The second kappa shape index (κ2) is 10.5. The van der Waals surface area contributed by atoms with Crippen LogP contribution in [0.4, 0.5) is 17.6 Å². The molecule has 2 saturated heterocycles. The number of nitrogens with zero attached hydrogens (tertiary/aromatic N) is 6. The molecule has 2 fully saturated rings. The first-order valence-electron chi connectivity index (χ1n) is 12.5. The molecule has 2 aliphatic rings. The fraction of sp³-hybridized carbons (Fsp3) is 0.444. The zero-order valence-corrected chi connectivity index (χ0v) is 20.9. The quantitative estimate of drug-likeness (QED) is 0.535. The highest BCUT2D eigenvalue weighted by Gasteiger charge is 2.28. The molecule has 0 saturated carbocycles. The van der Waals surface area contributed by atoms with Crippen LogP contribution in [-0.4, -0.2) is 73.5 Å². The van der Waals surface area contributed by atoms with Crippen molar-refractivity contribution >= 4 is 17.6 Å². The molecule has 8 heteroatoms. The maximum atomic E-state index is 5.75. The van der Waals surface area contributed by atoms with E-state index in [2.05, 4.69) is 57.8 Å². The third kappa shape index (κ3) is 5.17. The molecule has 0 unspecified atom stereocenters. The van der Waals surface area contributed by atoms with Crippen LogP contribution in [0.1, 0.15) is 19.4 Å². The van der Waals surface area contributed by atoms with Gasteiger partial charge in [-0.2, -0.15) is 4.98 Å². The van der Waals surface area contributed by atoms with Gasteiger partial charge in [-0.25, -0.2) is 9.97 Å². The molecule has 0 spiro atoms. The number of hydrogen-bond donors (Lipinski definition) is 0. The maximum Gasteiger partial charge on any atom is 0.228 e. The van der Waals surface area contributed by atoms with E-state index in [-0.39, 0.29) is 6.04 Å². The number of pyridine rings is 1. The van der Waals surface area contributed by atoms with Crippen molar-refractivity contribution in [2.75, 3.05) is 67.2 Å². The summed E-state index contributed by atoms with van der Waals surface area (Å²) in [6.45, 7) is 12.7. The second-order valence-electron chi connectivity index (χ2n) is 9.10. The zero-order chi connectivity index (χ0) is 24.2. The van der Waals surface area contributed by atoms with Crippen LogP contribution in [0.3, 0.4) is 0 Å². The zero-order valence-electron chi connectivity index (χ0n) is 20.9. The van der Waals surface area contributed by atoms with Crippen molar-refractivity contribution < 1.29 is 9.47 Å². The highest BCUT2D eigenvalue weighted by atomic mass is 16.5. The SMILES string of the molecule is CCOc1cccc(-c2cc(N3CCN(c4ncccc4C)C[C@H]3C)nc(N3CCOCC3)n2)c1. The summed E-state index contributed by atoms with van der Waals surface area (Å²) in [5.41, 5.74) is 3.15. The Kier molecular flexibility index (Phi) is 6.99. The molecule has 8 nitrogen and oxygen atoms in total. The van der Waals surface area contributed by atoms with Crippen molar-refractivity contribution in [3.05, 3.63) is 54.2 Å². The van der Waals surface area contributed by atoms with Gasteiger partial charge >= 0.3 is 0 Å². The molecule has 5 rings (SSSR count). The lowest BCUT2D eigenvalue weighted by Crippen LogP contribution is -2.53. The summed E-state index contributed by atoms with van der Waals surface area (Å²) < 4.78 is 11.3. The maximum absolute atomic E-state index is 5.75. The summed E-state index contributed by atoms with van der Waals surface area (Å²) in [6.07, 6.45) is 1.88. The third-order valence-electron chi connectivity index (χ3n) is 6.64. The number of aromatic nitrogens is 3. The minimum atomic E-state index is 0.278. The van der Waals surface area contributed by atoms with Crippen LogP contribution < -0.4 is 19.4 Å². The van der Waals surface area contributed by atoms with Gasteiger partial charge in [-0.15, -0.1) is 0 Å². The predicted octanol–water partition coefficient (Wildman–Crippen LogP) is 3.80. The smallest absolute Gasteiger partial charge is 0.228 e. The van der Waals surface area contributed by atoms with Crippen molar-refractivity contribution in [1.29, 1.82) is 0 Å². The van der Waals surface area contributed by atoms with Gasteiger partial charge in [0.25, 0.3) is 0 Å². The van der Waals surface area contributed by atoms with Gasteiger partial charge in [-0.05, 0) is 44.5 Å². The fourth-order valence-electron chi connectivity index (χ4n) is 4.83. The highest BCUT2D eigenvalue weighted by Crippen LogP contribution is 2.30. The van der Waals surface area contributed by atoms with E-state index < -0.39 is 0 Å². The summed E-state index contributed by atoms with van der Waals surface area (Å²) in [7, 11) is 0. The Hall–Kier alpha value is -3.39. The molecule has 184 valence electrons. The van der Waals surface area contributed by atoms with Crippen LogP contribution in [0.5, 0.6) is 5.75 Å². The highest BCUT2D eigenvalue weighted by molar-refractivity contribution is 5.67. The Balaban J connectivity index is 1.46. The molecular formula is C27H34N6O2. The summed E-state index contributed by atoms with van der Waals surface area (Å²) in [5, 5.41) is 0. The van der Waals surface area contributed by atoms with E-state index >= 15 is 0 Å². The molecule has 0 radical (unpaired) electrons. The van der Waals surface area contributed by atoms with Gasteiger partial charge in [0.2, 0.25) is 5.95 Å². The second-order valence-corrected chi connectivity index (χ2v) is 9.10. The number of ether oxygens (including phenoxy) is 2. The molecular weight excluding hydrogens is 440 g/mol. The number of morpholine rings is 1. The van der Waals surface area contributed by atoms with E-state index in [9.17, 15) is 0 Å². The summed E-state index contributed by atoms with van der Waals surface area (Å²) in [5.74, 6) is 3.65. The molecule has 1 aromatic carbocycles. The van der Waals surface area contributed by atoms with E-state index in [4.69, 9.17) is 19.4 Å². The first kappa shape index (κ1) is 23.4. The van der Waals surface area contributed by atoms with Crippen LogP contribution >= 0.6 is 0 Å². The number of aryl methyl sites for hydroxylation is 1. The van der Waals surface area contributed by atoms with Gasteiger partial charge in [0.15, 0.2) is 0 Å². The molecule has 1 atom stereocenters. The molecule has 0 aliphatic carbocycles. The Labute approximate surface area is 207 Å². The number of anilines is 3. The van der Waals surface area contributed by atoms with Crippen LogP contribution in [0.15, 0.2) is 48.7 Å². The van der Waals surface area contributed by atoms with Crippen molar-refractivity contribution in [2.24, 2.45) is 0 Å². The van der Waals surface area contributed by atoms with Gasteiger partial charge in [-0.1, -0.05) is 18.2 Å². The first-order valence-corrected chi connectivity index (χ1v) is 12.5. The normalized spacial score (nSPS) is 18.6. The number of benzene rings is 1. The molecule has 0 N–H and O–H groups in total. The summed E-state index contributed by atoms with van der Waals surface area (Å²) in [6, 6.07) is 14.7. The van der Waals surface area contributed by atoms with Gasteiger partial charge in [-0.3, -0.25) is 0 Å². The van der Waals surface area contributed by atoms with Crippen molar-refractivity contribution in [2.45, 2.75) is 26.8 Å². The largest absolute Gasteiger partial charge is 0.494 e. The standard InChI is InChI=1S/C27H34N6O2/c1-4-35-23-9-5-8-22(17-23)24-18-25(30-27(29-24)31-13-15-34-16-14-31)33-12-11-32(19-21(33)3)26-20(2)7-6-10-28-26/h5-10,17-18,21H,4,11-16,19H2,1-3H3/t21-/m1/s1. The molecule has 0 amide bonds. The molecule has 4 heterocycles. The van der Waals surface area contributed by atoms with Crippen LogP contribution in [-0.2, 0) is 4.74 Å². The number of hydrogen-bond acceptors (Lipinski definition) is 8. The first-order chi connectivity index (χ1) is 17.1. The summed E-state index contributed by atoms with van der Waals surface area (Å²) in [4.78, 5) is 21.7. The molecule has 3 aromatic rings. The molecule has 0 bridgehead atoms. The van der Waals surface area contributed by atoms with Gasteiger partial charge in [0, 0.05) is 56.6 Å². The Morgan fingerprint density at radius 2 is 1.86 bits per heavy atom. The van der Waals surface area contributed by atoms with E-state index in [0.717, 1.165) is 67.3 Å². The monoisotopic (exact) mass is 474 g/mol. The number of piperazine rings is 1. The lowest BCUT2D eigenvalue weighted by atomic mass is 10.1. The lowest BCUT2D eigenvalue weighted by Gasteiger charge is -2.41. The Morgan fingerprint density at radius 1 is 1.00 bits per heavy atom. The minimum absolute atomic E-state index is 0.278. The predicted molar refractivity (Wildman–Crippen MR) is 140 cm³/mol. The molecule has 2 aliphatic heterocycles. The van der Waals surface area contributed by atoms with E-state index in [1.165, 1.54) is 5.56 Å². The minimum Gasteiger partial charge on any atom is -0.494 e. The van der Waals surface area contributed by atoms with E-state index in [0.29, 0.717) is 19.8 Å². The molecule has 35 heavy (non-hydrogen) atoms. The van der Waals surface area contributed by atoms with Gasteiger partial charge in [0.1, 0.15) is 17.4 Å². The topological polar surface area (TPSA) is 66.9 Å². The van der Waals surface area contributed by atoms with Crippen LogP contribution in [0.25, 0.3) is 11.3 Å². The average molecular weight is 475 g/mol. The third-order valence-corrected chi connectivity index (χ3v) is 6.64. The van der Waals surface area contributed by atoms with Crippen LogP contribution in [0, 0.1) is 6.92 Å². The molecule has 2 aromatic heterocycles. The van der Waals surface area contributed by atoms with Crippen molar-refractivity contribution in [1.82, 2.24) is 15.0 Å². The lowest BCUT2D eigenvalue weighted by molar-refractivity contribution is 0.122. The van der Waals surface area contributed by atoms with Crippen LogP contribution in [0.2, 0.25) is 0 Å². The Bertz CT molecular complexity index is 1150. The van der Waals surface area contributed by atoms with E-state index in [1.807, 2.05) is 31.3 Å². The van der Waals surface area contributed by atoms with E-state index in [1.54, 1.807) is 0 Å². The number of rotatable bonds is 6. The average Bonchev–Trinajstić information content (AvgIpc) is 2.89. The van der Waals surface area contributed by atoms with Crippen molar-refractivity contribution in [3.63, 3.8) is 0 Å².